The van der Waals surface area contributed by atoms with Crippen molar-refractivity contribution in [3.05, 3.63) is 74.8 Å². The summed E-state index contributed by atoms with van der Waals surface area (Å²) in [6.07, 6.45) is 3.76. The van der Waals surface area contributed by atoms with E-state index < -0.39 is 0 Å². The summed E-state index contributed by atoms with van der Waals surface area (Å²) in [4.78, 5) is 25.7. The van der Waals surface area contributed by atoms with Crippen molar-refractivity contribution >= 4 is 57.5 Å². The van der Waals surface area contributed by atoms with E-state index in [2.05, 4.69) is 5.43 Å². The molecule has 0 spiro atoms. The van der Waals surface area contributed by atoms with E-state index in [0.29, 0.717) is 14.1 Å². The number of hydrogen-bond acceptors (Lipinski definition) is 5. The molecule has 1 N–H and O–H groups in total. The van der Waals surface area contributed by atoms with E-state index in [9.17, 15) is 9.59 Å². The molecule has 2 amide bonds. The van der Waals surface area contributed by atoms with E-state index in [1.165, 1.54) is 23.1 Å². The zero-order valence-corrected chi connectivity index (χ0v) is 15.7. The van der Waals surface area contributed by atoms with Gasteiger partial charge in [0.05, 0.1) is 9.78 Å². The van der Waals surface area contributed by atoms with E-state index >= 15 is 0 Å². The van der Waals surface area contributed by atoms with Gasteiger partial charge in [-0.25, -0.2) is 0 Å². The summed E-state index contributed by atoms with van der Waals surface area (Å²) in [6.45, 7) is 1.92. The molecular weight excluding hydrogens is 372 g/mol. The number of thiocarbonyl (C=S) groups is 1. The van der Waals surface area contributed by atoms with Gasteiger partial charge in [0.25, 0.3) is 11.8 Å². The molecular formula is C18H14N2O2S3. The van der Waals surface area contributed by atoms with E-state index in [0.717, 1.165) is 16.1 Å². The van der Waals surface area contributed by atoms with Crippen molar-refractivity contribution in [2.75, 3.05) is 0 Å². The number of hydrazine groups is 1. The lowest BCUT2D eigenvalue weighted by Gasteiger charge is -2.14. The molecule has 0 aliphatic carbocycles. The number of hydrogen-bond donors (Lipinski definition) is 1. The van der Waals surface area contributed by atoms with Crippen LogP contribution in [0.15, 0.2) is 64.4 Å². The molecule has 0 atom stereocenters. The van der Waals surface area contributed by atoms with Crippen molar-refractivity contribution in [1.29, 1.82) is 0 Å². The lowest BCUT2D eigenvalue weighted by Crippen LogP contribution is -2.44. The van der Waals surface area contributed by atoms with Crippen LogP contribution in [0.1, 0.15) is 22.2 Å². The third-order valence-corrected chi connectivity index (χ3v) is 5.48. The summed E-state index contributed by atoms with van der Waals surface area (Å²) >= 11 is 7.70. The number of nitrogens with zero attached hydrogens (tertiary/aromatic N) is 1. The maximum atomic E-state index is 12.5. The van der Waals surface area contributed by atoms with Crippen LogP contribution in [0.3, 0.4) is 0 Å². The van der Waals surface area contributed by atoms with E-state index in [1.54, 1.807) is 23.6 Å². The van der Waals surface area contributed by atoms with Gasteiger partial charge in [-0.2, -0.15) is 5.01 Å². The zero-order chi connectivity index (χ0) is 17.8. The molecule has 0 unspecified atom stereocenters. The van der Waals surface area contributed by atoms with Crippen molar-refractivity contribution in [3.8, 4) is 0 Å². The van der Waals surface area contributed by atoms with Crippen LogP contribution in [-0.4, -0.2) is 21.1 Å². The number of carbonyl (C=O) groups excluding carboxylic acids is 2. The lowest BCUT2D eigenvalue weighted by atomic mass is 10.1. The number of thiophene rings is 1. The molecule has 4 nitrogen and oxygen atoms in total. The van der Waals surface area contributed by atoms with Gasteiger partial charge < -0.3 is 0 Å². The quantitative estimate of drug-likeness (QED) is 0.631. The minimum absolute atomic E-state index is 0.314. The van der Waals surface area contributed by atoms with Gasteiger partial charge in [-0.05, 0) is 47.8 Å². The number of carbonyl (C=O) groups is 2. The Morgan fingerprint density at radius 1 is 1.20 bits per heavy atom. The fourth-order valence-electron chi connectivity index (χ4n) is 2.19. The third-order valence-electron chi connectivity index (χ3n) is 3.30. The van der Waals surface area contributed by atoms with Gasteiger partial charge in [0.1, 0.15) is 0 Å². The van der Waals surface area contributed by atoms with E-state index in [4.69, 9.17) is 12.2 Å². The molecule has 7 heteroatoms. The third kappa shape index (κ3) is 4.25. The number of amides is 2. The Labute approximate surface area is 159 Å². The highest BCUT2D eigenvalue weighted by Gasteiger charge is 2.33. The first-order valence-corrected chi connectivity index (χ1v) is 9.51. The first-order valence-electron chi connectivity index (χ1n) is 7.40. The summed E-state index contributed by atoms with van der Waals surface area (Å²) in [5.74, 6) is -0.662. The molecule has 1 aliphatic heterocycles. The summed E-state index contributed by atoms with van der Waals surface area (Å²) in [7, 11) is 0. The highest BCUT2D eigenvalue weighted by atomic mass is 32.2. The number of rotatable bonds is 4. The first-order chi connectivity index (χ1) is 12.0. The van der Waals surface area contributed by atoms with Gasteiger partial charge in [0, 0.05) is 0 Å². The summed E-state index contributed by atoms with van der Waals surface area (Å²) < 4.78 is 0.314. The molecule has 3 rings (SSSR count). The van der Waals surface area contributed by atoms with Crippen LogP contribution in [0, 0.1) is 0 Å². The Kier molecular flexibility index (Phi) is 5.47. The summed E-state index contributed by atoms with van der Waals surface area (Å²) in [5, 5.41) is 2.93. The maximum Gasteiger partial charge on any atom is 0.285 e. The van der Waals surface area contributed by atoms with Gasteiger partial charge in [0.2, 0.25) is 0 Å². The Bertz CT molecular complexity index is 871. The van der Waals surface area contributed by atoms with Crippen molar-refractivity contribution in [2.24, 2.45) is 0 Å². The van der Waals surface area contributed by atoms with Crippen LogP contribution in [0.2, 0.25) is 0 Å². The zero-order valence-electron chi connectivity index (χ0n) is 13.3. The Morgan fingerprint density at radius 3 is 2.64 bits per heavy atom. The predicted octanol–water partition coefficient (Wildman–Crippen LogP) is 4.24. The van der Waals surface area contributed by atoms with Crippen LogP contribution in [-0.2, 0) is 4.79 Å². The Morgan fingerprint density at radius 2 is 1.96 bits per heavy atom. The average Bonchev–Trinajstić information content (AvgIpc) is 3.21. The molecule has 25 heavy (non-hydrogen) atoms. The average molecular weight is 387 g/mol. The van der Waals surface area contributed by atoms with Crippen LogP contribution in [0.5, 0.6) is 0 Å². The number of benzene rings is 1. The summed E-state index contributed by atoms with van der Waals surface area (Å²) in [5.41, 5.74) is 4.55. The van der Waals surface area contributed by atoms with Crippen molar-refractivity contribution in [3.63, 3.8) is 0 Å². The number of nitrogens with one attached hydrogen (secondary N) is 1. The SMILES string of the molecule is CC(=Cc1ccccc1)C=C1SC(=S)N(NC(=O)c2cccs2)C1=O. The molecule has 0 bridgehead atoms. The first kappa shape index (κ1) is 17.6. The van der Waals surface area contributed by atoms with Gasteiger partial charge >= 0.3 is 0 Å². The Hall–Kier alpha value is -2.22. The molecule has 0 saturated carbocycles. The number of thioether (sulfide) groups is 1. The van der Waals surface area contributed by atoms with E-state index in [1.807, 2.05) is 43.3 Å². The molecule has 1 aliphatic rings. The van der Waals surface area contributed by atoms with Crippen LogP contribution in [0.4, 0.5) is 0 Å². The molecule has 126 valence electrons. The van der Waals surface area contributed by atoms with Crippen LogP contribution in [0.25, 0.3) is 6.08 Å². The van der Waals surface area contributed by atoms with Gasteiger partial charge in [-0.15, -0.1) is 11.3 Å². The fourth-order valence-corrected chi connectivity index (χ4v) is 4.03. The van der Waals surface area contributed by atoms with Gasteiger partial charge in [0.15, 0.2) is 4.32 Å². The van der Waals surface area contributed by atoms with Crippen LogP contribution >= 0.6 is 35.3 Å². The highest BCUT2D eigenvalue weighted by molar-refractivity contribution is 8.26. The normalized spacial score (nSPS) is 16.6. The molecule has 1 aromatic carbocycles. The molecule has 1 saturated heterocycles. The highest BCUT2D eigenvalue weighted by Crippen LogP contribution is 2.31. The van der Waals surface area contributed by atoms with E-state index in [-0.39, 0.29) is 11.8 Å². The standard InChI is InChI=1S/C18H14N2O2S3/c1-12(10-13-6-3-2-4-7-13)11-15-17(22)20(18(23)25-15)19-16(21)14-8-5-9-24-14/h2-11H,1H3,(H,19,21). The molecule has 2 heterocycles. The second-order valence-electron chi connectivity index (χ2n) is 5.23. The molecule has 0 radical (unpaired) electrons. The van der Waals surface area contributed by atoms with Gasteiger partial charge in [-0.3, -0.25) is 15.0 Å². The second-order valence-corrected chi connectivity index (χ2v) is 7.86. The minimum Gasteiger partial charge on any atom is -0.266 e. The topological polar surface area (TPSA) is 49.4 Å². The van der Waals surface area contributed by atoms with Crippen molar-refractivity contribution < 1.29 is 9.59 Å². The molecule has 1 aromatic heterocycles. The largest absolute Gasteiger partial charge is 0.285 e. The summed E-state index contributed by atoms with van der Waals surface area (Å²) in [6, 6.07) is 13.3. The van der Waals surface area contributed by atoms with Crippen molar-refractivity contribution in [2.45, 2.75) is 6.92 Å². The van der Waals surface area contributed by atoms with Crippen molar-refractivity contribution in [1.82, 2.24) is 10.4 Å². The minimum atomic E-state index is -0.343. The molecule has 2 aromatic rings. The monoisotopic (exact) mass is 386 g/mol. The lowest BCUT2D eigenvalue weighted by molar-refractivity contribution is -0.123. The predicted molar refractivity (Wildman–Crippen MR) is 107 cm³/mol. The van der Waals surface area contributed by atoms with Gasteiger partial charge in [-0.1, -0.05) is 54.2 Å². The maximum absolute atomic E-state index is 12.5. The fraction of sp³-hybridized carbons (Fsp3) is 0.0556. The Balaban J connectivity index is 1.74. The smallest absolute Gasteiger partial charge is 0.266 e. The number of allylic oxidation sites excluding steroid dienone is 2. The molecule has 1 fully saturated rings. The second kappa shape index (κ2) is 7.77. The van der Waals surface area contributed by atoms with Crippen LogP contribution < -0.4 is 5.43 Å².